The molecule has 1 heterocycles. The van der Waals surface area contributed by atoms with E-state index in [0.29, 0.717) is 27.9 Å². The maximum absolute atomic E-state index is 13.2. The van der Waals surface area contributed by atoms with Gasteiger partial charge in [0.25, 0.3) is 0 Å². The molecule has 0 aliphatic rings. The van der Waals surface area contributed by atoms with E-state index < -0.39 is 15.7 Å². The number of methoxy groups -OCH3 is 1. The van der Waals surface area contributed by atoms with Crippen LogP contribution in [0.3, 0.4) is 0 Å². The van der Waals surface area contributed by atoms with E-state index in [9.17, 15) is 17.6 Å². The largest absolute Gasteiger partial charge is 0.497 e. The summed E-state index contributed by atoms with van der Waals surface area (Å²) in [5, 5.41) is 3.33. The smallest absolute Gasteiger partial charge is 0.244 e. The van der Waals surface area contributed by atoms with E-state index in [1.165, 1.54) is 30.5 Å². The lowest BCUT2D eigenvalue weighted by Gasteiger charge is -2.08. The van der Waals surface area contributed by atoms with Crippen molar-refractivity contribution in [2.24, 2.45) is 0 Å². The van der Waals surface area contributed by atoms with Gasteiger partial charge in [0.05, 0.1) is 17.8 Å². The summed E-state index contributed by atoms with van der Waals surface area (Å²) in [6.45, 7) is -0.0657. The molecule has 6 nitrogen and oxygen atoms in total. The van der Waals surface area contributed by atoms with Gasteiger partial charge < -0.3 is 14.6 Å². The summed E-state index contributed by atoms with van der Waals surface area (Å²) >= 11 is 0. The Morgan fingerprint density at radius 3 is 2.53 bits per heavy atom. The van der Waals surface area contributed by atoms with E-state index in [1.807, 2.05) is 0 Å². The van der Waals surface area contributed by atoms with E-state index in [2.05, 4.69) is 5.32 Å². The van der Waals surface area contributed by atoms with E-state index in [4.69, 9.17) is 4.74 Å². The van der Waals surface area contributed by atoms with E-state index in [-0.39, 0.29) is 23.1 Å². The quantitative estimate of drug-likeness (QED) is 0.451. The fourth-order valence-corrected chi connectivity index (χ4v) is 5.11. The minimum atomic E-state index is -3.73. The number of ether oxygens (including phenoxy) is 1. The number of halogens is 1. The van der Waals surface area contributed by atoms with Crippen LogP contribution in [0.5, 0.6) is 5.75 Å². The summed E-state index contributed by atoms with van der Waals surface area (Å²) in [6.07, 6.45) is 1.48. The van der Waals surface area contributed by atoms with Crippen LogP contribution in [0.15, 0.2) is 83.9 Å². The average molecular weight is 453 g/mol. The second-order valence-corrected chi connectivity index (χ2v) is 9.26. The summed E-state index contributed by atoms with van der Waals surface area (Å²) in [6, 6.07) is 19.4. The number of hydrogen-bond donors (Lipinski definition) is 1. The van der Waals surface area contributed by atoms with Crippen LogP contribution < -0.4 is 10.1 Å². The maximum atomic E-state index is 13.2. The minimum Gasteiger partial charge on any atom is -0.497 e. The number of fused-ring (bicyclic) bond motifs is 1. The first-order valence-electron chi connectivity index (χ1n) is 9.85. The first-order chi connectivity index (χ1) is 15.4. The zero-order chi connectivity index (χ0) is 22.7. The molecule has 0 aliphatic carbocycles. The van der Waals surface area contributed by atoms with Gasteiger partial charge in [-0.05, 0) is 35.9 Å². The van der Waals surface area contributed by atoms with Gasteiger partial charge in [0, 0.05) is 28.9 Å². The van der Waals surface area contributed by atoms with Crippen molar-refractivity contribution < 1.29 is 22.3 Å². The Hall–Kier alpha value is -3.65. The molecule has 0 bridgehead atoms. The first-order valence-corrected chi connectivity index (χ1v) is 11.5. The summed E-state index contributed by atoms with van der Waals surface area (Å²) in [7, 11) is -2.18. The predicted molar refractivity (Wildman–Crippen MR) is 121 cm³/mol. The van der Waals surface area contributed by atoms with Crippen molar-refractivity contribution in [3.63, 3.8) is 0 Å². The fraction of sp³-hybridized carbons (Fsp3) is 0.125. The van der Waals surface area contributed by atoms with Crippen molar-refractivity contribution in [3.05, 3.63) is 90.4 Å². The average Bonchev–Trinajstić information content (AvgIpc) is 3.15. The van der Waals surface area contributed by atoms with Gasteiger partial charge in [0.1, 0.15) is 18.1 Å². The highest BCUT2D eigenvalue weighted by Crippen LogP contribution is 2.28. The summed E-state index contributed by atoms with van der Waals surface area (Å²) < 4.78 is 46.2. The minimum absolute atomic E-state index is 0.0657. The highest BCUT2D eigenvalue weighted by molar-refractivity contribution is 7.90. The Balaban J connectivity index is 1.62. The maximum Gasteiger partial charge on any atom is 0.244 e. The molecule has 3 aromatic carbocycles. The third-order valence-corrected chi connectivity index (χ3v) is 6.73. The monoisotopic (exact) mass is 452 g/mol. The third-order valence-electron chi connectivity index (χ3n) is 5.02. The van der Waals surface area contributed by atoms with Crippen LogP contribution in [-0.4, -0.2) is 26.0 Å². The molecule has 4 rings (SSSR count). The first kappa shape index (κ1) is 21.6. The molecule has 0 spiro atoms. The van der Waals surface area contributed by atoms with E-state index >= 15 is 0 Å². The molecule has 0 saturated heterocycles. The second kappa shape index (κ2) is 8.84. The zero-order valence-corrected chi connectivity index (χ0v) is 18.1. The third kappa shape index (κ3) is 4.65. The van der Waals surface area contributed by atoms with Gasteiger partial charge >= 0.3 is 0 Å². The van der Waals surface area contributed by atoms with Gasteiger partial charge in [-0.2, -0.15) is 0 Å². The molecular weight excluding hydrogens is 431 g/mol. The van der Waals surface area contributed by atoms with Crippen molar-refractivity contribution in [2.45, 2.75) is 17.2 Å². The van der Waals surface area contributed by atoms with E-state index in [0.717, 1.165) is 0 Å². The topological polar surface area (TPSA) is 77.4 Å². The van der Waals surface area contributed by atoms with Crippen molar-refractivity contribution in [1.29, 1.82) is 0 Å². The molecule has 0 unspecified atom stereocenters. The summed E-state index contributed by atoms with van der Waals surface area (Å²) in [5.41, 5.74) is 1.69. The molecule has 1 N–H and O–H groups in total. The van der Waals surface area contributed by atoms with Gasteiger partial charge in [0.2, 0.25) is 5.91 Å². The van der Waals surface area contributed by atoms with Crippen LogP contribution in [-0.2, 0) is 26.9 Å². The zero-order valence-electron chi connectivity index (χ0n) is 17.3. The van der Waals surface area contributed by atoms with E-state index in [1.54, 1.807) is 60.2 Å². The standard InChI is InChI=1S/C24H21FN2O4S/c1-31-20-6-4-5-19(13-20)26-24(28)15-27-14-23(21-7-2-3-8-22(21)27)32(29,30)16-17-9-11-18(25)12-10-17/h2-14H,15-16H2,1H3,(H,26,28). The number of para-hydroxylation sites is 1. The summed E-state index contributed by atoms with van der Waals surface area (Å²) in [4.78, 5) is 12.8. The Morgan fingerprint density at radius 2 is 1.78 bits per heavy atom. The summed E-state index contributed by atoms with van der Waals surface area (Å²) in [5.74, 6) is -0.383. The van der Waals surface area contributed by atoms with Gasteiger partial charge in [-0.1, -0.05) is 36.4 Å². The molecule has 4 aromatic rings. The van der Waals surface area contributed by atoms with Gasteiger partial charge in [0.15, 0.2) is 9.84 Å². The highest BCUT2D eigenvalue weighted by Gasteiger charge is 2.22. The number of sulfone groups is 1. The Morgan fingerprint density at radius 1 is 1.03 bits per heavy atom. The van der Waals surface area contributed by atoms with Crippen LogP contribution in [0, 0.1) is 5.82 Å². The number of aromatic nitrogens is 1. The molecule has 0 atom stereocenters. The molecule has 1 amide bonds. The normalized spacial score (nSPS) is 11.4. The lowest BCUT2D eigenvalue weighted by Crippen LogP contribution is -2.18. The number of nitrogens with one attached hydrogen (secondary N) is 1. The number of rotatable bonds is 7. The number of benzene rings is 3. The van der Waals surface area contributed by atoms with Gasteiger partial charge in [-0.15, -0.1) is 0 Å². The number of nitrogens with zero attached hydrogens (tertiary/aromatic N) is 1. The number of anilines is 1. The van der Waals surface area contributed by atoms with Crippen molar-refractivity contribution in [2.75, 3.05) is 12.4 Å². The second-order valence-electron chi connectivity index (χ2n) is 7.30. The Kier molecular flexibility index (Phi) is 5.96. The number of hydrogen-bond acceptors (Lipinski definition) is 4. The van der Waals surface area contributed by atoms with Gasteiger partial charge in [-0.25, -0.2) is 12.8 Å². The molecule has 0 aliphatic heterocycles. The molecule has 0 radical (unpaired) electrons. The molecule has 32 heavy (non-hydrogen) atoms. The van der Waals surface area contributed by atoms with Crippen molar-refractivity contribution >= 4 is 32.3 Å². The van der Waals surface area contributed by atoms with Crippen LogP contribution in [0.1, 0.15) is 5.56 Å². The highest BCUT2D eigenvalue weighted by atomic mass is 32.2. The lowest BCUT2D eigenvalue weighted by molar-refractivity contribution is -0.116. The predicted octanol–water partition coefficient (Wildman–Crippen LogP) is 4.40. The Bertz CT molecular complexity index is 1380. The fourth-order valence-electron chi connectivity index (χ4n) is 3.53. The number of carbonyl (C=O) groups is 1. The molecule has 0 saturated carbocycles. The Labute approximate surface area is 185 Å². The van der Waals surface area contributed by atoms with Crippen molar-refractivity contribution in [1.82, 2.24) is 4.57 Å². The molecule has 8 heteroatoms. The van der Waals surface area contributed by atoms with Crippen LogP contribution in [0.2, 0.25) is 0 Å². The number of carbonyl (C=O) groups excluding carboxylic acids is 1. The molecule has 1 aromatic heterocycles. The van der Waals surface area contributed by atoms with Crippen molar-refractivity contribution in [3.8, 4) is 5.75 Å². The number of amides is 1. The van der Waals surface area contributed by atoms with Crippen LogP contribution >= 0.6 is 0 Å². The van der Waals surface area contributed by atoms with Gasteiger partial charge in [-0.3, -0.25) is 4.79 Å². The van der Waals surface area contributed by atoms with Crippen LogP contribution in [0.4, 0.5) is 10.1 Å². The van der Waals surface area contributed by atoms with Crippen LogP contribution in [0.25, 0.3) is 10.9 Å². The molecular formula is C24H21FN2O4S. The SMILES string of the molecule is COc1cccc(NC(=O)Cn2cc(S(=O)(=O)Cc3ccc(F)cc3)c3ccccc32)c1. The lowest BCUT2D eigenvalue weighted by atomic mass is 10.2. The molecule has 0 fully saturated rings. The molecule has 164 valence electrons.